The quantitative estimate of drug-likeness (QED) is 0.390. The zero-order chi connectivity index (χ0) is 15.5. The van der Waals surface area contributed by atoms with E-state index in [2.05, 4.69) is 0 Å². The Morgan fingerprint density at radius 1 is 1.33 bits per heavy atom. The van der Waals surface area contributed by atoms with Crippen molar-refractivity contribution in [1.29, 1.82) is 0 Å². The van der Waals surface area contributed by atoms with Crippen LogP contribution in [0.15, 0.2) is 30.3 Å². The van der Waals surface area contributed by atoms with Crippen LogP contribution >= 0.6 is 0 Å². The van der Waals surface area contributed by atoms with Crippen LogP contribution in [0.2, 0.25) is 0 Å². The molecular formula is C16H23NO4. The Morgan fingerprint density at radius 3 is 2.57 bits per heavy atom. The summed E-state index contributed by atoms with van der Waals surface area (Å²) in [4.78, 5) is 0. The van der Waals surface area contributed by atoms with Crippen molar-refractivity contribution in [3.8, 4) is 0 Å². The van der Waals surface area contributed by atoms with Crippen LogP contribution < -0.4 is 0 Å². The number of rotatable bonds is 5. The first-order valence-corrected chi connectivity index (χ1v) is 7.28. The van der Waals surface area contributed by atoms with E-state index in [9.17, 15) is 10.3 Å². The third kappa shape index (κ3) is 3.81. The predicted octanol–water partition coefficient (Wildman–Crippen LogP) is 1.91. The first-order valence-electron chi connectivity index (χ1n) is 7.28. The van der Waals surface area contributed by atoms with Crippen LogP contribution in [0, 0.1) is 5.21 Å². The molecule has 1 aliphatic heterocycles. The van der Waals surface area contributed by atoms with Crippen molar-refractivity contribution in [2.24, 2.45) is 0 Å². The average molecular weight is 293 g/mol. The van der Waals surface area contributed by atoms with E-state index in [1.54, 1.807) is 20.1 Å². The second-order valence-corrected chi connectivity index (χ2v) is 5.70. The summed E-state index contributed by atoms with van der Waals surface area (Å²) in [6.07, 6.45) is 1.23. The van der Waals surface area contributed by atoms with Crippen molar-refractivity contribution in [3.63, 3.8) is 0 Å². The van der Waals surface area contributed by atoms with Crippen molar-refractivity contribution in [1.82, 2.24) is 0 Å². The summed E-state index contributed by atoms with van der Waals surface area (Å²) in [6.45, 7) is 5.35. The molecular weight excluding hydrogens is 270 g/mol. The zero-order valence-corrected chi connectivity index (χ0v) is 12.7. The maximum Gasteiger partial charge on any atom is 0.191 e. The number of benzene rings is 1. The lowest BCUT2D eigenvalue weighted by Gasteiger charge is -2.24. The number of hydroxylamine groups is 1. The van der Waals surface area contributed by atoms with Crippen LogP contribution in [-0.2, 0) is 9.47 Å². The van der Waals surface area contributed by atoms with E-state index < -0.39 is 24.0 Å². The maximum absolute atomic E-state index is 12.4. The molecule has 5 heteroatoms. The molecule has 116 valence electrons. The lowest BCUT2D eigenvalue weighted by Crippen LogP contribution is -2.42. The van der Waals surface area contributed by atoms with Crippen LogP contribution in [0.3, 0.4) is 0 Å². The van der Waals surface area contributed by atoms with E-state index in [1.165, 1.54) is 0 Å². The second-order valence-electron chi connectivity index (χ2n) is 5.70. The molecule has 1 fully saturated rings. The second kappa shape index (κ2) is 6.56. The Balaban J connectivity index is 2.21. The Kier molecular flexibility index (Phi) is 4.98. The monoisotopic (exact) mass is 293 g/mol. The van der Waals surface area contributed by atoms with Crippen molar-refractivity contribution >= 4 is 6.21 Å². The van der Waals surface area contributed by atoms with Gasteiger partial charge in [-0.15, -0.1) is 0 Å². The largest absolute Gasteiger partial charge is 0.624 e. The van der Waals surface area contributed by atoms with Crippen LogP contribution in [0.5, 0.6) is 0 Å². The molecule has 0 saturated carbocycles. The highest BCUT2D eigenvalue weighted by Crippen LogP contribution is 2.31. The first-order chi connectivity index (χ1) is 9.96. The van der Waals surface area contributed by atoms with Gasteiger partial charge in [0, 0.05) is 12.0 Å². The summed E-state index contributed by atoms with van der Waals surface area (Å²) in [6, 6.07) is 9.02. The summed E-state index contributed by atoms with van der Waals surface area (Å²) in [5.74, 6) is -0.779. The summed E-state index contributed by atoms with van der Waals surface area (Å²) in [7, 11) is 0. The Labute approximate surface area is 125 Å². The minimum Gasteiger partial charge on any atom is -0.624 e. The minimum absolute atomic E-state index is 0.163. The molecule has 0 radical (unpaired) electrons. The normalized spacial score (nSPS) is 26.8. The van der Waals surface area contributed by atoms with Gasteiger partial charge in [0.15, 0.2) is 24.1 Å². The van der Waals surface area contributed by atoms with Gasteiger partial charge in [0.1, 0.15) is 6.10 Å². The summed E-state index contributed by atoms with van der Waals surface area (Å²) < 4.78 is 12.4. The summed E-state index contributed by atoms with van der Waals surface area (Å²) in [5.41, 5.74) is 0.838. The fourth-order valence-corrected chi connectivity index (χ4v) is 2.67. The number of ether oxygens (including phenoxy) is 2. The van der Waals surface area contributed by atoms with E-state index in [1.807, 2.05) is 37.3 Å². The molecule has 0 spiro atoms. The molecule has 5 nitrogen and oxygen atoms in total. The number of nitrogens with zero attached hydrogens (tertiary/aromatic N) is 1. The smallest absolute Gasteiger partial charge is 0.191 e. The molecule has 0 aliphatic carbocycles. The van der Waals surface area contributed by atoms with Crippen LogP contribution in [0.4, 0.5) is 0 Å². The van der Waals surface area contributed by atoms with Crippen LogP contribution in [0.1, 0.15) is 32.8 Å². The minimum atomic E-state index is -0.779. The van der Waals surface area contributed by atoms with Gasteiger partial charge in [-0.3, -0.25) is 0 Å². The zero-order valence-electron chi connectivity index (χ0n) is 12.7. The number of aliphatic hydroxyl groups is 1. The van der Waals surface area contributed by atoms with Gasteiger partial charge < -0.3 is 19.8 Å². The standard InChI is InChI=1S/C16H23NO4/c1-4-13(15-14(11-18)20-16(2,3)21-15)17(19)10-12-8-6-5-7-9-12/h5-10,13-15,18H,4,11H2,1-3H3/b17-10-/t13-,14+,15-/m0/s1. The molecule has 1 heterocycles. The molecule has 1 aromatic rings. The molecule has 3 atom stereocenters. The highest BCUT2D eigenvalue weighted by molar-refractivity contribution is 5.75. The number of hydrogen-bond donors (Lipinski definition) is 1. The van der Waals surface area contributed by atoms with E-state index in [-0.39, 0.29) is 6.61 Å². The molecule has 0 bridgehead atoms. The number of hydrogen-bond acceptors (Lipinski definition) is 4. The Morgan fingerprint density at radius 2 is 2.00 bits per heavy atom. The predicted molar refractivity (Wildman–Crippen MR) is 80.2 cm³/mol. The van der Waals surface area contributed by atoms with Gasteiger partial charge in [-0.05, 0) is 26.0 Å². The molecule has 1 N–H and O–H groups in total. The fraction of sp³-hybridized carbons (Fsp3) is 0.562. The van der Waals surface area contributed by atoms with Crippen molar-refractivity contribution in [3.05, 3.63) is 41.1 Å². The third-order valence-corrected chi connectivity index (χ3v) is 3.60. The lowest BCUT2D eigenvalue weighted by molar-refractivity contribution is -0.511. The van der Waals surface area contributed by atoms with Gasteiger partial charge in [-0.2, -0.15) is 0 Å². The van der Waals surface area contributed by atoms with Gasteiger partial charge in [-0.25, -0.2) is 4.74 Å². The average Bonchev–Trinajstić information content (AvgIpc) is 2.76. The van der Waals surface area contributed by atoms with E-state index in [0.717, 1.165) is 10.3 Å². The summed E-state index contributed by atoms with van der Waals surface area (Å²) >= 11 is 0. The third-order valence-electron chi connectivity index (χ3n) is 3.60. The van der Waals surface area contributed by atoms with Crippen molar-refractivity contribution < 1.29 is 19.3 Å². The van der Waals surface area contributed by atoms with Gasteiger partial charge in [0.25, 0.3) is 0 Å². The van der Waals surface area contributed by atoms with Crippen LogP contribution in [-0.4, -0.2) is 46.7 Å². The van der Waals surface area contributed by atoms with Crippen molar-refractivity contribution in [2.75, 3.05) is 6.61 Å². The molecule has 0 amide bonds. The molecule has 1 aliphatic rings. The molecule has 2 rings (SSSR count). The van der Waals surface area contributed by atoms with E-state index >= 15 is 0 Å². The van der Waals surface area contributed by atoms with Gasteiger partial charge in [-0.1, -0.05) is 25.1 Å². The molecule has 1 aromatic carbocycles. The highest BCUT2D eigenvalue weighted by Gasteiger charge is 2.47. The topological polar surface area (TPSA) is 64.8 Å². The molecule has 1 saturated heterocycles. The van der Waals surface area contributed by atoms with E-state index in [4.69, 9.17) is 9.47 Å². The van der Waals surface area contributed by atoms with Crippen LogP contribution in [0.25, 0.3) is 0 Å². The maximum atomic E-state index is 12.4. The van der Waals surface area contributed by atoms with Gasteiger partial charge in [0.2, 0.25) is 0 Å². The van der Waals surface area contributed by atoms with E-state index in [0.29, 0.717) is 6.42 Å². The van der Waals surface area contributed by atoms with Crippen molar-refractivity contribution in [2.45, 2.75) is 51.2 Å². The first kappa shape index (κ1) is 15.9. The lowest BCUT2D eigenvalue weighted by atomic mass is 10.0. The van der Waals surface area contributed by atoms with Gasteiger partial charge in [0.05, 0.1) is 6.61 Å². The fourth-order valence-electron chi connectivity index (χ4n) is 2.67. The Bertz CT molecular complexity index is 486. The number of aliphatic hydroxyl groups excluding tert-OH is 1. The van der Waals surface area contributed by atoms with Gasteiger partial charge >= 0.3 is 0 Å². The summed E-state index contributed by atoms with van der Waals surface area (Å²) in [5, 5.41) is 21.9. The molecule has 0 aromatic heterocycles. The highest BCUT2D eigenvalue weighted by atomic mass is 16.8. The Hall–Kier alpha value is -1.43. The molecule has 21 heavy (non-hydrogen) atoms. The molecule has 0 unspecified atom stereocenters. The SMILES string of the molecule is CC[C@@H]([C@@H]1OC(C)(C)O[C@@H]1CO)/[N+]([O-])=C/c1ccccc1.